The maximum absolute atomic E-state index is 12.2. The van der Waals surface area contributed by atoms with Crippen LogP contribution < -0.4 is 11.1 Å². The van der Waals surface area contributed by atoms with Gasteiger partial charge in [0, 0.05) is 17.0 Å². The Morgan fingerprint density at radius 2 is 2.10 bits per heavy atom. The van der Waals surface area contributed by atoms with Crippen LogP contribution in [0.1, 0.15) is 20.8 Å². The molecule has 0 spiro atoms. The Morgan fingerprint density at radius 1 is 1.29 bits per heavy atom. The van der Waals surface area contributed by atoms with Gasteiger partial charge in [0.05, 0.1) is 15.9 Å². The second kappa shape index (κ2) is 7.99. The number of benzene rings is 1. The van der Waals surface area contributed by atoms with Crippen LogP contribution in [0.25, 0.3) is 0 Å². The first-order valence-electron chi connectivity index (χ1n) is 6.51. The van der Waals surface area contributed by atoms with E-state index in [1.54, 1.807) is 17.4 Å². The maximum atomic E-state index is 12.2. The SMILES string of the molecule is NCC#Cc1ccccc1C(=O)NCCc1ccc(Br)s1. The van der Waals surface area contributed by atoms with Gasteiger partial charge in [-0.25, -0.2) is 0 Å². The lowest BCUT2D eigenvalue weighted by Gasteiger charge is -2.06. The van der Waals surface area contributed by atoms with Gasteiger partial charge in [0.15, 0.2) is 0 Å². The average molecular weight is 363 g/mol. The van der Waals surface area contributed by atoms with Crippen LogP contribution in [0.2, 0.25) is 0 Å². The van der Waals surface area contributed by atoms with E-state index in [1.807, 2.05) is 24.3 Å². The quantitative estimate of drug-likeness (QED) is 0.821. The number of nitrogens with one attached hydrogen (secondary N) is 1. The van der Waals surface area contributed by atoms with Crippen molar-refractivity contribution in [1.29, 1.82) is 0 Å². The van der Waals surface area contributed by atoms with E-state index in [0.29, 0.717) is 17.7 Å². The lowest BCUT2D eigenvalue weighted by Crippen LogP contribution is -2.26. The lowest BCUT2D eigenvalue weighted by atomic mass is 10.1. The van der Waals surface area contributed by atoms with Crippen LogP contribution in [0.5, 0.6) is 0 Å². The van der Waals surface area contributed by atoms with E-state index >= 15 is 0 Å². The molecule has 1 heterocycles. The first-order chi connectivity index (χ1) is 10.2. The fraction of sp³-hybridized carbons (Fsp3) is 0.188. The molecule has 0 aliphatic carbocycles. The number of hydrogen-bond donors (Lipinski definition) is 2. The van der Waals surface area contributed by atoms with E-state index < -0.39 is 0 Å². The second-order valence-corrected chi connectivity index (χ2v) is 6.81. The molecule has 0 aliphatic rings. The van der Waals surface area contributed by atoms with E-state index in [0.717, 1.165) is 10.2 Å². The summed E-state index contributed by atoms with van der Waals surface area (Å²) in [4.78, 5) is 13.4. The summed E-state index contributed by atoms with van der Waals surface area (Å²) in [5, 5.41) is 2.93. The Labute approximate surface area is 136 Å². The number of carbonyl (C=O) groups excluding carboxylic acids is 1. The van der Waals surface area contributed by atoms with E-state index in [4.69, 9.17) is 5.73 Å². The number of thiophene rings is 1. The molecular weight excluding hydrogens is 348 g/mol. The Hall–Kier alpha value is -1.61. The van der Waals surface area contributed by atoms with Crippen LogP contribution in [-0.2, 0) is 6.42 Å². The predicted octanol–water partition coefficient (Wildman–Crippen LogP) is 2.79. The first-order valence-corrected chi connectivity index (χ1v) is 8.12. The van der Waals surface area contributed by atoms with Crippen molar-refractivity contribution in [2.75, 3.05) is 13.1 Å². The van der Waals surface area contributed by atoms with Gasteiger partial charge in [-0.3, -0.25) is 4.79 Å². The summed E-state index contributed by atoms with van der Waals surface area (Å²) in [5.41, 5.74) is 6.67. The van der Waals surface area contributed by atoms with Gasteiger partial charge in [-0.05, 0) is 46.6 Å². The molecule has 3 nitrogen and oxygen atoms in total. The third kappa shape index (κ3) is 4.71. The van der Waals surface area contributed by atoms with Crippen LogP contribution >= 0.6 is 27.3 Å². The molecule has 21 heavy (non-hydrogen) atoms. The molecule has 0 radical (unpaired) electrons. The molecule has 108 valence electrons. The number of rotatable bonds is 4. The van der Waals surface area contributed by atoms with Crippen molar-refractivity contribution in [1.82, 2.24) is 5.32 Å². The van der Waals surface area contributed by atoms with Gasteiger partial charge in [0.2, 0.25) is 0 Å². The molecule has 1 aromatic heterocycles. The summed E-state index contributed by atoms with van der Waals surface area (Å²) >= 11 is 5.11. The van der Waals surface area contributed by atoms with Crippen LogP contribution in [-0.4, -0.2) is 19.0 Å². The zero-order valence-corrected chi connectivity index (χ0v) is 13.8. The number of carbonyl (C=O) groups is 1. The molecule has 1 amide bonds. The van der Waals surface area contributed by atoms with E-state index in [2.05, 4.69) is 39.2 Å². The molecule has 2 rings (SSSR count). The van der Waals surface area contributed by atoms with E-state index in [9.17, 15) is 4.79 Å². The Morgan fingerprint density at radius 3 is 2.81 bits per heavy atom. The van der Waals surface area contributed by atoms with Crippen molar-refractivity contribution in [3.63, 3.8) is 0 Å². The van der Waals surface area contributed by atoms with Crippen molar-refractivity contribution in [2.45, 2.75) is 6.42 Å². The monoisotopic (exact) mass is 362 g/mol. The molecule has 0 fully saturated rings. The van der Waals surface area contributed by atoms with Gasteiger partial charge in [-0.15, -0.1) is 11.3 Å². The molecule has 5 heteroatoms. The summed E-state index contributed by atoms with van der Waals surface area (Å²) in [5.74, 6) is 5.60. The molecular formula is C16H15BrN2OS. The standard InChI is InChI=1S/C16H15BrN2OS/c17-15-8-7-13(21-15)9-11-19-16(20)14-6-2-1-4-12(14)5-3-10-18/h1-2,4,6-8H,9-11,18H2,(H,19,20). The fourth-order valence-electron chi connectivity index (χ4n) is 1.82. The third-order valence-electron chi connectivity index (χ3n) is 2.78. The van der Waals surface area contributed by atoms with Crippen LogP contribution in [0.15, 0.2) is 40.2 Å². The normalized spacial score (nSPS) is 9.81. The predicted molar refractivity (Wildman–Crippen MR) is 90.4 cm³/mol. The minimum atomic E-state index is -0.104. The Kier molecular flexibility index (Phi) is 6.00. The smallest absolute Gasteiger partial charge is 0.252 e. The van der Waals surface area contributed by atoms with Crippen molar-refractivity contribution < 1.29 is 4.79 Å². The van der Waals surface area contributed by atoms with Crippen LogP contribution in [0.4, 0.5) is 0 Å². The number of halogens is 1. The molecule has 0 aliphatic heterocycles. The summed E-state index contributed by atoms with van der Waals surface area (Å²) in [6.07, 6.45) is 0.818. The van der Waals surface area contributed by atoms with Crippen molar-refractivity contribution >= 4 is 33.2 Å². The second-order valence-electron chi connectivity index (χ2n) is 4.26. The number of amides is 1. The van der Waals surface area contributed by atoms with Gasteiger partial charge >= 0.3 is 0 Å². The van der Waals surface area contributed by atoms with Crippen LogP contribution in [0.3, 0.4) is 0 Å². The molecule has 1 aromatic carbocycles. The summed E-state index contributed by atoms with van der Waals surface area (Å²) in [6.45, 7) is 0.883. The zero-order chi connectivity index (χ0) is 15.1. The Bertz CT molecular complexity index is 685. The highest BCUT2D eigenvalue weighted by molar-refractivity contribution is 9.11. The fourth-order valence-corrected chi connectivity index (χ4v) is 3.30. The van der Waals surface area contributed by atoms with Gasteiger partial charge in [-0.2, -0.15) is 0 Å². The summed E-state index contributed by atoms with van der Waals surface area (Å²) in [6, 6.07) is 11.4. The maximum Gasteiger partial charge on any atom is 0.252 e. The Balaban J connectivity index is 1.97. The van der Waals surface area contributed by atoms with E-state index in [1.165, 1.54) is 4.88 Å². The van der Waals surface area contributed by atoms with Gasteiger partial charge in [-0.1, -0.05) is 24.0 Å². The molecule has 0 atom stereocenters. The van der Waals surface area contributed by atoms with Gasteiger partial charge in [0.25, 0.3) is 5.91 Å². The van der Waals surface area contributed by atoms with E-state index in [-0.39, 0.29) is 12.5 Å². The highest BCUT2D eigenvalue weighted by Crippen LogP contribution is 2.22. The summed E-state index contributed by atoms with van der Waals surface area (Å²) < 4.78 is 1.10. The minimum absolute atomic E-state index is 0.104. The van der Waals surface area contributed by atoms with Crippen LogP contribution in [0, 0.1) is 11.8 Å². The molecule has 0 saturated carbocycles. The highest BCUT2D eigenvalue weighted by atomic mass is 79.9. The van der Waals surface area contributed by atoms with Crippen molar-refractivity contribution in [3.8, 4) is 11.8 Å². The molecule has 3 N–H and O–H groups in total. The van der Waals surface area contributed by atoms with Crippen molar-refractivity contribution in [2.24, 2.45) is 5.73 Å². The molecule has 2 aromatic rings. The number of nitrogens with two attached hydrogens (primary N) is 1. The number of hydrogen-bond acceptors (Lipinski definition) is 3. The molecule has 0 saturated heterocycles. The zero-order valence-electron chi connectivity index (χ0n) is 11.4. The first kappa shape index (κ1) is 15.8. The molecule has 0 bridgehead atoms. The summed E-state index contributed by atoms with van der Waals surface area (Å²) in [7, 11) is 0. The van der Waals surface area contributed by atoms with Crippen molar-refractivity contribution in [3.05, 3.63) is 56.2 Å². The lowest BCUT2D eigenvalue weighted by molar-refractivity contribution is 0.0954. The third-order valence-corrected chi connectivity index (χ3v) is 4.47. The van der Waals surface area contributed by atoms with Gasteiger partial charge in [0.1, 0.15) is 0 Å². The minimum Gasteiger partial charge on any atom is -0.352 e. The highest BCUT2D eigenvalue weighted by Gasteiger charge is 2.09. The largest absolute Gasteiger partial charge is 0.352 e. The molecule has 0 unspecified atom stereocenters. The topological polar surface area (TPSA) is 55.1 Å². The average Bonchev–Trinajstić information content (AvgIpc) is 2.91. The van der Waals surface area contributed by atoms with Gasteiger partial charge < -0.3 is 11.1 Å².